The van der Waals surface area contributed by atoms with Crippen LogP contribution in [0.5, 0.6) is 0 Å². The molecule has 1 fully saturated rings. The number of ether oxygens (including phenoxy) is 1. The molecule has 2 N–H and O–H groups in total. The van der Waals surface area contributed by atoms with Crippen LogP contribution in [-0.2, 0) is 11.3 Å². The molecule has 0 saturated carbocycles. The second-order valence-electron chi connectivity index (χ2n) is 8.56. The van der Waals surface area contributed by atoms with E-state index in [1.165, 1.54) is 6.42 Å². The monoisotopic (exact) mass is 517 g/mol. The molecule has 0 radical (unpaired) electrons. The van der Waals surface area contributed by atoms with E-state index in [1.54, 1.807) is 0 Å². The van der Waals surface area contributed by atoms with Crippen LogP contribution < -0.4 is 15.5 Å². The summed E-state index contributed by atoms with van der Waals surface area (Å²) < 4.78 is 6.09. The topological polar surface area (TPSA) is 61.8 Å². The average Bonchev–Trinajstić information content (AvgIpc) is 2.69. The molecular formula is C22H40IN5O. The van der Waals surface area contributed by atoms with E-state index in [4.69, 9.17) is 4.74 Å². The molecule has 2 rings (SSSR count). The largest absolute Gasteiger partial charge is 0.377 e. The first-order valence-corrected chi connectivity index (χ1v) is 10.6. The lowest BCUT2D eigenvalue weighted by Crippen LogP contribution is -2.47. The first kappa shape index (κ1) is 25.9. The van der Waals surface area contributed by atoms with Crippen LogP contribution in [0.4, 0.5) is 5.82 Å². The Hall–Kier alpha value is -1.09. The number of hydrogen-bond donors (Lipinski definition) is 2. The number of guanidine groups is 1. The molecule has 1 aliphatic rings. The Balaban J connectivity index is 0.00000420. The van der Waals surface area contributed by atoms with E-state index in [1.807, 2.05) is 13.2 Å². The summed E-state index contributed by atoms with van der Waals surface area (Å²) in [7, 11) is 1.82. The van der Waals surface area contributed by atoms with Gasteiger partial charge in [0.05, 0.1) is 6.10 Å². The Morgan fingerprint density at radius 1 is 1.24 bits per heavy atom. The molecule has 2 heterocycles. The van der Waals surface area contributed by atoms with Gasteiger partial charge in [0.15, 0.2) is 5.96 Å². The van der Waals surface area contributed by atoms with E-state index in [0.717, 1.165) is 50.0 Å². The second-order valence-corrected chi connectivity index (χ2v) is 8.56. The zero-order valence-electron chi connectivity index (χ0n) is 19.0. The molecular weight excluding hydrogens is 477 g/mol. The van der Waals surface area contributed by atoms with Gasteiger partial charge in [0.2, 0.25) is 0 Å². The van der Waals surface area contributed by atoms with Crippen molar-refractivity contribution in [3.8, 4) is 0 Å². The van der Waals surface area contributed by atoms with Crippen LogP contribution in [0, 0.1) is 11.3 Å². The number of aromatic nitrogens is 1. The third-order valence-electron chi connectivity index (χ3n) is 5.41. The molecule has 1 aromatic rings. The Labute approximate surface area is 194 Å². The minimum Gasteiger partial charge on any atom is -0.377 e. The standard InChI is InChI=1S/C22H39N5O.HI/c1-7-27(8-2)19-12-11-17(14-24-19)15-25-21(23-6)26-16-18-10-9-13-28-20(18)22(3,4)5;/h11-12,14,18,20H,7-10,13,15-16H2,1-6H3,(H2,23,25,26);1H. The highest BCUT2D eigenvalue weighted by Gasteiger charge is 2.35. The zero-order valence-corrected chi connectivity index (χ0v) is 21.3. The summed E-state index contributed by atoms with van der Waals surface area (Å²) >= 11 is 0. The Bertz CT molecular complexity index is 611. The second kappa shape index (κ2) is 12.6. The van der Waals surface area contributed by atoms with Gasteiger partial charge in [0, 0.05) is 51.9 Å². The Morgan fingerprint density at radius 3 is 2.52 bits per heavy atom. The van der Waals surface area contributed by atoms with Gasteiger partial charge >= 0.3 is 0 Å². The number of nitrogens with one attached hydrogen (secondary N) is 2. The van der Waals surface area contributed by atoms with E-state index in [9.17, 15) is 0 Å². The van der Waals surface area contributed by atoms with Crippen molar-refractivity contribution < 1.29 is 4.74 Å². The van der Waals surface area contributed by atoms with E-state index < -0.39 is 0 Å². The molecule has 0 aromatic carbocycles. The van der Waals surface area contributed by atoms with Gasteiger partial charge in [0.1, 0.15) is 5.82 Å². The van der Waals surface area contributed by atoms with Gasteiger partial charge in [-0.1, -0.05) is 26.8 Å². The lowest BCUT2D eigenvalue weighted by Gasteiger charge is -2.40. The Morgan fingerprint density at radius 2 is 1.97 bits per heavy atom. The molecule has 2 unspecified atom stereocenters. The SMILES string of the molecule is CCN(CC)c1ccc(CNC(=NC)NCC2CCCOC2C(C)(C)C)cn1.I. The van der Waals surface area contributed by atoms with Gasteiger partial charge in [-0.3, -0.25) is 4.99 Å². The first-order valence-electron chi connectivity index (χ1n) is 10.6. The molecule has 1 aliphatic heterocycles. The van der Waals surface area contributed by atoms with Crippen molar-refractivity contribution in [3.63, 3.8) is 0 Å². The molecule has 0 bridgehead atoms. The summed E-state index contributed by atoms with van der Waals surface area (Å²) in [4.78, 5) is 11.2. The maximum Gasteiger partial charge on any atom is 0.191 e. The van der Waals surface area contributed by atoms with Crippen molar-refractivity contribution in [3.05, 3.63) is 23.9 Å². The molecule has 7 heteroatoms. The molecule has 0 amide bonds. The lowest BCUT2D eigenvalue weighted by atomic mass is 9.78. The summed E-state index contributed by atoms with van der Waals surface area (Å²) in [5.41, 5.74) is 1.30. The quantitative estimate of drug-likeness (QED) is 0.325. The van der Waals surface area contributed by atoms with Gasteiger partial charge in [-0.2, -0.15) is 0 Å². The van der Waals surface area contributed by atoms with Crippen LogP contribution in [0.2, 0.25) is 0 Å². The maximum atomic E-state index is 6.09. The third-order valence-corrected chi connectivity index (χ3v) is 5.41. The average molecular weight is 518 g/mol. The number of nitrogens with zero attached hydrogens (tertiary/aromatic N) is 3. The number of pyridine rings is 1. The fourth-order valence-electron chi connectivity index (χ4n) is 3.90. The van der Waals surface area contributed by atoms with Crippen LogP contribution in [-0.4, -0.2) is 50.3 Å². The normalized spacial score (nSPS) is 20.0. The van der Waals surface area contributed by atoms with Crippen LogP contribution in [0.25, 0.3) is 0 Å². The molecule has 6 nitrogen and oxygen atoms in total. The highest BCUT2D eigenvalue weighted by atomic mass is 127. The van der Waals surface area contributed by atoms with Gasteiger partial charge in [-0.05, 0) is 43.7 Å². The van der Waals surface area contributed by atoms with Crippen LogP contribution in [0.1, 0.15) is 53.0 Å². The maximum absolute atomic E-state index is 6.09. The number of anilines is 1. The van der Waals surface area contributed by atoms with Crippen LogP contribution in [0.3, 0.4) is 0 Å². The third kappa shape index (κ3) is 7.92. The number of hydrogen-bond acceptors (Lipinski definition) is 4. The van der Waals surface area contributed by atoms with Crippen molar-refractivity contribution >= 4 is 35.8 Å². The van der Waals surface area contributed by atoms with E-state index in [0.29, 0.717) is 12.5 Å². The summed E-state index contributed by atoms with van der Waals surface area (Å²) in [5.74, 6) is 2.36. The first-order chi connectivity index (χ1) is 13.4. The summed E-state index contributed by atoms with van der Waals surface area (Å²) in [6.45, 7) is 15.5. The molecule has 0 spiro atoms. The van der Waals surface area contributed by atoms with Crippen molar-refractivity contribution in [2.24, 2.45) is 16.3 Å². The predicted octanol–water partition coefficient (Wildman–Crippen LogP) is 4.05. The minimum absolute atomic E-state index is 0. The van der Waals surface area contributed by atoms with Gasteiger partial charge in [0.25, 0.3) is 0 Å². The summed E-state index contributed by atoms with van der Waals surface area (Å²) in [6, 6.07) is 4.22. The lowest BCUT2D eigenvalue weighted by molar-refractivity contribution is -0.0835. The Kier molecular flexibility index (Phi) is 11.2. The van der Waals surface area contributed by atoms with Gasteiger partial charge in [-0.25, -0.2) is 4.98 Å². The van der Waals surface area contributed by atoms with Crippen molar-refractivity contribution in [2.75, 3.05) is 38.2 Å². The van der Waals surface area contributed by atoms with Crippen LogP contribution >= 0.6 is 24.0 Å². The van der Waals surface area contributed by atoms with Gasteiger partial charge in [-0.15, -0.1) is 24.0 Å². The van der Waals surface area contributed by atoms with E-state index in [2.05, 4.69) is 72.3 Å². The molecule has 0 aliphatic carbocycles. The molecule has 29 heavy (non-hydrogen) atoms. The fraction of sp³-hybridized carbons (Fsp3) is 0.727. The highest BCUT2D eigenvalue weighted by molar-refractivity contribution is 14.0. The van der Waals surface area contributed by atoms with Crippen LogP contribution in [0.15, 0.2) is 23.3 Å². The molecule has 166 valence electrons. The van der Waals surface area contributed by atoms with Gasteiger partial charge < -0.3 is 20.3 Å². The highest BCUT2D eigenvalue weighted by Crippen LogP contribution is 2.33. The molecule has 1 aromatic heterocycles. The summed E-state index contributed by atoms with van der Waals surface area (Å²) in [5, 5.41) is 6.89. The van der Waals surface area contributed by atoms with E-state index >= 15 is 0 Å². The van der Waals surface area contributed by atoms with Crippen molar-refractivity contribution in [1.82, 2.24) is 15.6 Å². The van der Waals surface area contributed by atoms with E-state index in [-0.39, 0.29) is 35.5 Å². The zero-order chi connectivity index (χ0) is 20.6. The minimum atomic E-state index is 0. The fourth-order valence-corrected chi connectivity index (χ4v) is 3.90. The number of aliphatic imine (C=N–C) groups is 1. The molecule has 1 saturated heterocycles. The summed E-state index contributed by atoms with van der Waals surface area (Å²) in [6.07, 6.45) is 4.56. The number of halogens is 1. The number of rotatable bonds is 7. The van der Waals surface area contributed by atoms with Crippen molar-refractivity contribution in [2.45, 2.75) is 60.1 Å². The molecule has 2 atom stereocenters. The predicted molar refractivity (Wildman–Crippen MR) is 133 cm³/mol. The van der Waals surface area contributed by atoms with Crippen molar-refractivity contribution in [1.29, 1.82) is 0 Å². The smallest absolute Gasteiger partial charge is 0.191 e.